The lowest BCUT2D eigenvalue weighted by Crippen LogP contribution is -2.58. The Morgan fingerprint density at radius 1 is 1.18 bits per heavy atom. The SMILES string of the molecule is Cc1nc(N[C@H](C)c2cccc(C(F)F)c2F)c2cc3c(cc2n1)OC[C@H]1CN(C(=O)C2CC2(F)F)CCN31. The number of nitrogens with zero attached hydrogens (tertiary/aromatic N) is 4. The summed E-state index contributed by atoms with van der Waals surface area (Å²) in [5.74, 6) is -4.17. The number of amides is 1. The fraction of sp³-hybridized carbons (Fsp3) is 0.444. The number of anilines is 2. The fourth-order valence-corrected chi connectivity index (χ4v) is 5.47. The lowest BCUT2D eigenvalue weighted by atomic mass is 10.0. The topological polar surface area (TPSA) is 70.6 Å². The van der Waals surface area contributed by atoms with Crippen molar-refractivity contribution in [1.82, 2.24) is 14.9 Å². The molecule has 1 aromatic heterocycles. The Labute approximate surface area is 221 Å². The number of ether oxygens (including phenoxy) is 1. The number of halogens is 5. The first kappa shape index (κ1) is 25.6. The van der Waals surface area contributed by atoms with Crippen molar-refractivity contribution in [3.8, 4) is 5.75 Å². The number of carbonyl (C=O) groups excluding carboxylic acids is 1. The molecule has 206 valence electrons. The van der Waals surface area contributed by atoms with Crippen LogP contribution in [-0.4, -0.2) is 59.0 Å². The number of nitrogens with one attached hydrogen (secondary N) is 1. The highest BCUT2D eigenvalue weighted by molar-refractivity contribution is 5.94. The highest BCUT2D eigenvalue weighted by atomic mass is 19.3. The molecule has 1 unspecified atom stereocenters. The van der Waals surface area contributed by atoms with Crippen molar-refractivity contribution in [2.24, 2.45) is 5.92 Å². The van der Waals surface area contributed by atoms with Crippen molar-refractivity contribution in [1.29, 1.82) is 0 Å². The minimum absolute atomic E-state index is 0.0839. The highest BCUT2D eigenvalue weighted by Crippen LogP contribution is 2.50. The van der Waals surface area contributed by atoms with Crippen LogP contribution in [0.5, 0.6) is 5.75 Å². The van der Waals surface area contributed by atoms with Gasteiger partial charge in [0.05, 0.1) is 28.9 Å². The average molecular weight is 548 g/mol. The number of fused-ring (bicyclic) bond motifs is 4. The zero-order valence-electron chi connectivity index (χ0n) is 21.2. The molecule has 1 saturated carbocycles. The normalized spacial score (nSPS) is 22.3. The second-order valence-electron chi connectivity index (χ2n) is 10.3. The maximum atomic E-state index is 14.8. The van der Waals surface area contributed by atoms with Crippen LogP contribution in [0.3, 0.4) is 0 Å². The Morgan fingerprint density at radius 3 is 2.64 bits per heavy atom. The van der Waals surface area contributed by atoms with Gasteiger partial charge in [-0.05, 0) is 19.9 Å². The van der Waals surface area contributed by atoms with E-state index in [9.17, 15) is 26.7 Å². The van der Waals surface area contributed by atoms with Crippen LogP contribution in [-0.2, 0) is 4.79 Å². The van der Waals surface area contributed by atoms with Gasteiger partial charge in [-0.1, -0.05) is 18.2 Å². The number of carbonyl (C=O) groups is 1. The minimum Gasteiger partial charge on any atom is -0.489 e. The Hall–Kier alpha value is -3.70. The second kappa shape index (κ2) is 9.20. The van der Waals surface area contributed by atoms with Gasteiger partial charge >= 0.3 is 0 Å². The number of hydrogen-bond acceptors (Lipinski definition) is 6. The second-order valence-corrected chi connectivity index (χ2v) is 10.3. The van der Waals surface area contributed by atoms with Crippen molar-refractivity contribution in [3.05, 3.63) is 53.1 Å². The summed E-state index contributed by atoms with van der Waals surface area (Å²) in [5.41, 5.74) is 0.753. The molecule has 3 aliphatic rings. The Bertz CT molecular complexity index is 1470. The largest absolute Gasteiger partial charge is 0.489 e. The van der Waals surface area contributed by atoms with Crippen LogP contribution in [0, 0.1) is 18.7 Å². The zero-order chi connectivity index (χ0) is 27.6. The summed E-state index contributed by atoms with van der Waals surface area (Å²) in [6.07, 6.45) is -3.33. The molecule has 1 aliphatic carbocycles. The maximum absolute atomic E-state index is 14.8. The van der Waals surface area contributed by atoms with Crippen molar-refractivity contribution in [3.63, 3.8) is 0 Å². The summed E-state index contributed by atoms with van der Waals surface area (Å²) >= 11 is 0. The Morgan fingerprint density at radius 2 is 1.92 bits per heavy atom. The molecule has 3 heterocycles. The molecular weight excluding hydrogens is 521 g/mol. The lowest BCUT2D eigenvalue weighted by molar-refractivity contribution is -0.135. The van der Waals surface area contributed by atoms with E-state index in [-0.39, 0.29) is 24.8 Å². The van der Waals surface area contributed by atoms with Gasteiger partial charge in [-0.15, -0.1) is 0 Å². The molecule has 0 radical (unpaired) electrons. The molecule has 2 fully saturated rings. The van der Waals surface area contributed by atoms with Crippen LogP contribution >= 0.6 is 0 Å². The van der Waals surface area contributed by atoms with Gasteiger partial charge in [0.15, 0.2) is 0 Å². The third-order valence-corrected chi connectivity index (χ3v) is 7.66. The fourth-order valence-electron chi connectivity index (χ4n) is 5.47. The lowest BCUT2D eigenvalue weighted by Gasteiger charge is -2.45. The molecule has 0 spiro atoms. The number of rotatable bonds is 5. The Balaban J connectivity index is 1.29. The summed E-state index contributed by atoms with van der Waals surface area (Å²) in [7, 11) is 0. The summed E-state index contributed by atoms with van der Waals surface area (Å²) in [5, 5.41) is 3.78. The molecule has 1 amide bonds. The van der Waals surface area contributed by atoms with Crippen molar-refractivity contribution >= 4 is 28.3 Å². The molecule has 3 aromatic rings. The first-order chi connectivity index (χ1) is 18.5. The summed E-state index contributed by atoms with van der Waals surface area (Å²) in [6, 6.07) is 6.64. The van der Waals surface area contributed by atoms with Crippen LogP contribution in [0.4, 0.5) is 33.5 Å². The van der Waals surface area contributed by atoms with Gasteiger partial charge in [0.25, 0.3) is 12.3 Å². The first-order valence-corrected chi connectivity index (χ1v) is 12.7. The Kier molecular flexibility index (Phi) is 6.03. The number of hydrogen-bond donors (Lipinski definition) is 1. The molecule has 3 atom stereocenters. The monoisotopic (exact) mass is 547 g/mol. The highest BCUT2D eigenvalue weighted by Gasteiger charge is 2.62. The molecule has 12 heteroatoms. The number of alkyl halides is 4. The first-order valence-electron chi connectivity index (χ1n) is 12.7. The van der Waals surface area contributed by atoms with Gasteiger partial charge in [0.2, 0.25) is 5.91 Å². The molecule has 7 nitrogen and oxygen atoms in total. The van der Waals surface area contributed by atoms with Crippen LogP contribution < -0.4 is 15.0 Å². The molecule has 6 rings (SSSR count). The van der Waals surface area contributed by atoms with E-state index in [1.165, 1.54) is 17.0 Å². The molecule has 1 N–H and O–H groups in total. The van der Waals surface area contributed by atoms with Gasteiger partial charge in [0, 0.05) is 43.1 Å². The van der Waals surface area contributed by atoms with Crippen molar-refractivity contribution in [2.45, 2.75) is 44.7 Å². The summed E-state index contributed by atoms with van der Waals surface area (Å²) in [4.78, 5) is 25.1. The smallest absolute Gasteiger partial charge is 0.266 e. The third-order valence-electron chi connectivity index (χ3n) is 7.66. The van der Waals surface area contributed by atoms with Crippen LogP contribution in [0.15, 0.2) is 30.3 Å². The summed E-state index contributed by atoms with van der Waals surface area (Å²) < 4.78 is 74.2. The number of piperazine rings is 1. The molecule has 1 saturated heterocycles. The number of aryl methyl sites for hydroxylation is 1. The summed E-state index contributed by atoms with van der Waals surface area (Å²) in [6.45, 7) is 4.68. The standard InChI is InChI=1S/C27H26F5N5O2/c1-13(16-4-3-5-17(23(16)28)24(29)30)33-25-18-8-21-22(9-20(18)34-14(2)35-25)39-12-15-11-36(6-7-37(15)21)26(38)19-10-27(19,31)32/h3-5,8-9,13,15,19,24H,6-7,10-12H2,1-2H3,(H,33,34,35)/t13-,15-,19?/m1/s1. The minimum atomic E-state index is -2.93. The third kappa shape index (κ3) is 4.49. The molecule has 0 bridgehead atoms. The van der Waals surface area contributed by atoms with Crippen LogP contribution in [0.25, 0.3) is 10.9 Å². The van der Waals surface area contributed by atoms with E-state index in [1.54, 1.807) is 19.9 Å². The number of aromatic nitrogens is 2. The molecule has 39 heavy (non-hydrogen) atoms. The van der Waals surface area contributed by atoms with Gasteiger partial charge in [0.1, 0.15) is 35.7 Å². The van der Waals surface area contributed by atoms with Gasteiger partial charge in [-0.25, -0.2) is 31.9 Å². The van der Waals surface area contributed by atoms with E-state index in [2.05, 4.69) is 20.2 Å². The maximum Gasteiger partial charge on any atom is 0.266 e. The van der Waals surface area contributed by atoms with Crippen LogP contribution in [0.1, 0.15) is 42.8 Å². The van der Waals surface area contributed by atoms with Crippen molar-refractivity contribution in [2.75, 3.05) is 36.5 Å². The van der Waals surface area contributed by atoms with Gasteiger partial charge in [-0.3, -0.25) is 4.79 Å². The quantitative estimate of drug-likeness (QED) is 0.440. The molecule has 2 aliphatic heterocycles. The van der Waals surface area contributed by atoms with E-state index in [1.807, 2.05) is 6.07 Å². The number of benzene rings is 2. The van der Waals surface area contributed by atoms with E-state index in [0.29, 0.717) is 41.4 Å². The van der Waals surface area contributed by atoms with Gasteiger partial charge < -0.3 is 19.9 Å². The average Bonchev–Trinajstić information content (AvgIpc) is 3.54. The van der Waals surface area contributed by atoms with E-state index >= 15 is 0 Å². The van der Waals surface area contributed by atoms with Gasteiger partial charge in [-0.2, -0.15) is 0 Å². The molecular formula is C27H26F5N5O2. The predicted octanol–water partition coefficient (Wildman–Crippen LogP) is 5.25. The van der Waals surface area contributed by atoms with Crippen LogP contribution in [0.2, 0.25) is 0 Å². The van der Waals surface area contributed by atoms with E-state index in [4.69, 9.17) is 4.74 Å². The van der Waals surface area contributed by atoms with Crippen molar-refractivity contribution < 1.29 is 31.5 Å². The van der Waals surface area contributed by atoms with E-state index in [0.717, 1.165) is 11.8 Å². The zero-order valence-corrected chi connectivity index (χ0v) is 21.2. The molecule has 2 aromatic carbocycles. The predicted molar refractivity (Wildman–Crippen MR) is 134 cm³/mol. The van der Waals surface area contributed by atoms with E-state index < -0.39 is 48.0 Å².